The molecule has 1 unspecified atom stereocenters. The fraction of sp³-hybridized carbons (Fsp3) is 1.00. The van der Waals surface area contributed by atoms with Crippen LogP contribution in [-0.4, -0.2) is 49.2 Å². The molecule has 5 nitrogen and oxygen atoms in total. The van der Waals surface area contributed by atoms with E-state index < -0.39 is 10.2 Å². The van der Waals surface area contributed by atoms with Gasteiger partial charge in [-0.05, 0) is 30.6 Å². The normalized spacial score (nSPS) is 29.9. The van der Waals surface area contributed by atoms with Crippen LogP contribution in [0.5, 0.6) is 0 Å². The molecule has 2 fully saturated rings. The number of hydrogen-bond donors (Lipinski definition) is 1. The molecule has 0 aromatic rings. The molecule has 0 bridgehead atoms. The Labute approximate surface area is 129 Å². The smallest absolute Gasteiger partial charge is 0.281 e. The van der Waals surface area contributed by atoms with Crippen LogP contribution in [0.2, 0.25) is 0 Å². The Morgan fingerprint density at radius 1 is 1.05 bits per heavy atom. The number of nitrogens with two attached hydrogens (primary N) is 1. The first-order valence-corrected chi connectivity index (χ1v) is 8.64. The van der Waals surface area contributed by atoms with Crippen molar-refractivity contribution < 1.29 is 8.42 Å². The molecule has 2 aliphatic heterocycles. The summed E-state index contributed by atoms with van der Waals surface area (Å²) in [6.07, 6.45) is 2.68. The zero-order valence-corrected chi connectivity index (χ0v) is 14.3. The Kier molecular flexibility index (Phi) is 5.89. The summed E-state index contributed by atoms with van der Waals surface area (Å²) in [6.45, 7) is 8.70. The van der Waals surface area contributed by atoms with Crippen LogP contribution in [0.15, 0.2) is 0 Å². The van der Waals surface area contributed by atoms with E-state index in [0.717, 1.165) is 19.3 Å². The van der Waals surface area contributed by atoms with Crippen molar-refractivity contribution in [2.24, 2.45) is 17.1 Å². The maximum Gasteiger partial charge on any atom is 0.281 e. The highest BCUT2D eigenvalue weighted by Gasteiger charge is 2.40. The molecule has 0 radical (unpaired) electrons. The highest BCUT2D eigenvalue weighted by Crippen LogP contribution is 2.31. The lowest BCUT2D eigenvalue weighted by Gasteiger charge is -2.44. The number of piperidine rings is 2. The highest BCUT2D eigenvalue weighted by molar-refractivity contribution is 7.86. The third-order valence-electron chi connectivity index (χ3n) is 4.67. The van der Waals surface area contributed by atoms with E-state index in [9.17, 15) is 8.42 Å². The minimum atomic E-state index is -3.29. The molecule has 2 rings (SSSR count). The first kappa shape index (κ1) is 18.2. The molecule has 0 saturated carbocycles. The van der Waals surface area contributed by atoms with Gasteiger partial charge in [-0.1, -0.05) is 20.8 Å². The highest BCUT2D eigenvalue weighted by atomic mass is 35.5. The van der Waals surface area contributed by atoms with Crippen LogP contribution in [-0.2, 0) is 10.2 Å². The van der Waals surface area contributed by atoms with Gasteiger partial charge >= 0.3 is 0 Å². The van der Waals surface area contributed by atoms with Gasteiger partial charge in [-0.25, -0.2) is 0 Å². The van der Waals surface area contributed by atoms with Gasteiger partial charge in [0.25, 0.3) is 10.2 Å². The van der Waals surface area contributed by atoms with Crippen LogP contribution in [0, 0.1) is 11.3 Å². The Hall–Kier alpha value is 0.120. The molecule has 7 heteroatoms. The zero-order chi connectivity index (χ0) is 14.3. The van der Waals surface area contributed by atoms with Crippen LogP contribution in [0.3, 0.4) is 0 Å². The van der Waals surface area contributed by atoms with Crippen LogP contribution in [0.4, 0.5) is 0 Å². The molecule has 2 heterocycles. The van der Waals surface area contributed by atoms with Gasteiger partial charge in [0, 0.05) is 32.2 Å². The van der Waals surface area contributed by atoms with Gasteiger partial charge < -0.3 is 5.73 Å². The molecule has 1 atom stereocenters. The molecule has 20 heavy (non-hydrogen) atoms. The molecular formula is C13H28ClN3O2S. The van der Waals surface area contributed by atoms with Gasteiger partial charge in [0.1, 0.15) is 0 Å². The van der Waals surface area contributed by atoms with E-state index in [4.69, 9.17) is 5.73 Å². The SMILES string of the molecule is CC1CCN(S(=O)(=O)N2CCC(N)C(C)(C)C2)CC1.Cl. The quantitative estimate of drug-likeness (QED) is 0.835. The fourth-order valence-electron chi connectivity index (χ4n) is 2.90. The molecule has 2 saturated heterocycles. The van der Waals surface area contributed by atoms with Crippen LogP contribution >= 0.6 is 12.4 Å². The summed E-state index contributed by atoms with van der Waals surface area (Å²) in [5.74, 6) is 0.637. The molecule has 2 N–H and O–H groups in total. The largest absolute Gasteiger partial charge is 0.327 e. The van der Waals surface area contributed by atoms with Gasteiger partial charge in [-0.2, -0.15) is 17.0 Å². The lowest BCUT2D eigenvalue weighted by atomic mass is 9.81. The molecule has 120 valence electrons. The van der Waals surface area contributed by atoms with Crippen molar-refractivity contribution in [2.45, 2.75) is 46.1 Å². The van der Waals surface area contributed by atoms with Crippen molar-refractivity contribution >= 4 is 22.6 Å². The van der Waals surface area contributed by atoms with Gasteiger partial charge in [0.15, 0.2) is 0 Å². The van der Waals surface area contributed by atoms with Crippen molar-refractivity contribution in [1.29, 1.82) is 0 Å². The lowest BCUT2D eigenvalue weighted by Crippen LogP contribution is -2.57. The van der Waals surface area contributed by atoms with Gasteiger partial charge in [0.2, 0.25) is 0 Å². The maximum atomic E-state index is 12.7. The Balaban J connectivity index is 0.00000200. The van der Waals surface area contributed by atoms with E-state index in [-0.39, 0.29) is 23.9 Å². The topological polar surface area (TPSA) is 66.6 Å². The minimum absolute atomic E-state index is 0. The summed E-state index contributed by atoms with van der Waals surface area (Å²) in [7, 11) is -3.29. The number of rotatable bonds is 2. The Bertz CT molecular complexity index is 419. The van der Waals surface area contributed by atoms with Gasteiger partial charge in [0.05, 0.1) is 0 Å². The number of hydrogen-bond acceptors (Lipinski definition) is 3. The zero-order valence-electron chi connectivity index (χ0n) is 12.7. The van der Waals surface area contributed by atoms with E-state index in [1.807, 2.05) is 0 Å². The standard InChI is InChI=1S/C13H27N3O2S.ClH/c1-11-4-7-15(8-5-11)19(17,18)16-9-6-12(14)13(2,3)10-16;/h11-12H,4-10,14H2,1-3H3;1H. The summed E-state index contributed by atoms with van der Waals surface area (Å²) < 4.78 is 28.6. The fourth-order valence-corrected chi connectivity index (χ4v) is 4.73. The van der Waals surface area contributed by atoms with Crippen molar-refractivity contribution in [2.75, 3.05) is 26.2 Å². The van der Waals surface area contributed by atoms with Crippen molar-refractivity contribution in [3.8, 4) is 0 Å². The summed E-state index contributed by atoms with van der Waals surface area (Å²) in [4.78, 5) is 0. The average Bonchev–Trinajstić information content (AvgIpc) is 2.33. The van der Waals surface area contributed by atoms with Crippen molar-refractivity contribution in [3.63, 3.8) is 0 Å². The number of nitrogens with zero attached hydrogens (tertiary/aromatic N) is 2. The van der Waals surface area contributed by atoms with Gasteiger partial charge in [-0.15, -0.1) is 12.4 Å². The molecular weight excluding hydrogens is 298 g/mol. The predicted molar refractivity (Wildman–Crippen MR) is 84.1 cm³/mol. The third kappa shape index (κ3) is 3.65. The van der Waals surface area contributed by atoms with E-state index in [0.29, 0.717) is 32.1 Å². The maximum absolute atomic E-state index is 12.7. The molecule has 0 aromatic heterocycles. The van der Waals surface area contributed by atoms with Crippen LogP contribution in [0.25, 0.3) is 0 Å². The van der Waals surface area contributed by atoms with Crippen LogP contribution < -0.4 is 5.73 Å². The van der Waals surface area contributed by atoms with Gasteiger partial charge in [-0.3, -0.25) is 0 Å². The molecule has 0 amide bonds. The average molecular weight is 326 g/mol. The monoisotopic (exact) mass is 325 g/mol. The van der Waals surface area contributed by atoms with Crippen molar-refractivity contribution in [3.05, 3.63) is 0 Å². The predicted octanol–water partition coefficient (Wildman–Crippen LogP) is 1.44. The van der Waals surface area contributed by atoms with E-state index in [2.05, 4.69) is 20.8 Å². The number of halogens is 1. The van der Waals surface area contributed by atoms with Crippen LogP contribution in [0.1, 0.15) is 40.0 Å². The summed E-state index contributed by atoms with van der Waals surface area (Å²) in [5, 5.41) is 0. The van der Waals surface area contributed by atoms with E-state index in [1.165, 1.54) is 0 Å². The lowest BCUT2D eigenvalue weighted by molar-refractivity contribution is 0.145. The first-order chi connectivity index (χ1) is 8.73. The summed E-state index contributed by atoms with van der Waals surface area (Å²) >= 11 is 0. The second-order valence-electron chi connectivity index (χ2n) is 6.81. The molecule has 2 aliphatic rings. The molecule has 0 aliphatic carbocycles. The van der Waals surface area contributed by atoms with E-state index in [1.54, 1.807) is 8.61 Å². The second-order valence-corrected chi connectivity index (χ2v) is 8.74. The molecule has 0 spiro atoms. The van der Waals surface area contributed by atoms with Crippen molar-refractivity contribution in [1.82, 2.24) is 8.61 Å². The molecule has 0 aromatic carbocycles. The summed E-state index contributed by atoms with van der Waals surface area (Å²) in [6, 6.07) is 0.0836. The second kappa shape index (κ2) is 6.48. The first-order valence-electron chi connectivity index (χ1n) is 7.24. The Morgan fingerprint density at radius 3 is 2.05 bits per heavy atom. The minimum Gasteiger partial charge on any atom is -0.327 e. The summed E-state index contributed by atoms with van der Waals surface area (Å²) in [5.41, 5.74) is 5.94. The third-order valence-corrected chi connectivity index (χ3v) is 6.65. The Morgan fingerprint density at radius 2 is 1.55 bits per heavy atom. The van der Waals surface area contributed by atoms with E-state index >= 15 is 0 Å².